The fourth-order valence-electron chi connectivity index (χ4n) is 2.18. The average molecular weight is 275 g/mol. The van der Waals surface area contributed by atoms with Gasteiger partial charge in [-0.3, -0.25) is 4.90 Å². The Morgan fingerprint density at radius 2 is 1.90 bits per heavy atom. The van der Waals surface area contributed by atoms with Gasteiger partial charge in [-0.2, -0.15) is 0 Å². The average Bonchev–Trinajstić information content (AvgIpc) is 2.39. The zero-order valence-electron chi connectivity index (χ0n) is 12.4. The predicted molar refractivity (Wildman–Crippen MR) is 80.0 cm³/mol. The summed E-state index contributed by atoms with van der Waals surface area (Å²) >= 11 is 0. The highest BCUT2D eigenvalue weighted by Gasteiger charge is 2.13. The lowest BCUT2D eigenvalue weighted by Crippen LogP contribution is -2.31. The predicted octanol–water partition coefficient (Wildman–Crippen LogP) is 2.22. The standard InChI is InChI=1S/C16H21NO3/c1-10-5-14-13(8-17(4)12(3)9-18)7-16(19)20-15(14)6-11(10)2/h5-7,12,18H,8-9H2,1-4H3. The number of rotatable bonds is 4. The van der Waals surface area contributed by atoms with Crippen molar-refractivity contribution in [2.45, 2.75) is 33.4 Å². The Hall–Kier alpha value is -1.65. The van der Waals surface area contributed by atoms with Gasteiger partial charge >= 0.3 is 5.63 Å². The van der Waals surface area contributed by atoms with Crippen LogP contribution in [0.1, 0.15) is 23.6 Å². The van der Waals surface area contributed by atoms with E-state index in [1.807, 2.05) is 38.8 Å². The first kappa shape index (κ1) is 14.8. The summed E-state index contributed by atoms with van der Waals surface area (Å²) < 4.78 is 5.28. The first-order chi connectivity index (χ1) is 9.42. The van der Waals surface area contributed by atoms with Gasteiger partial charge in [-0.25, -0.2) is 4.79 Å². The van der Waals surface area contributed by atoms with Gasteiger partial charge in [-0.15, -0.1) is 0 Å². The van der Waals surface area contributed by atoms with Gasteiger partial charge in [0.05, 0.1) is 6.61 Å². The van der Waals surface area contributed by atoms with Gasteiger partial charge in [-0.1, -0.05) is 0 Å². The van der Waals surface area contributed by atoms with Crippen molar-refractivity contribution in [1.82, 2.24) is 4.90 Å². The summed E-state index contributed by atoms with van der Waals surface area (Å²) in [5, 5.41) is 10.2. The molecular weight excluding hydrogens is 254 g/mol. The lowest BCUT2D eigenvalue weighted by molar-refractivity contribution is 0.154. The highest BCUT2D eigenvalue weighted by atomic mass is 16.4. The van der Waals surface area contributed by atoms with Crippen molar-refractivity contribution in [3.05, 3.63) is 45.3 Å². The lowest BCUT2D eigenvalue weighted by atomic mass is 10.0. The summed E-state index contributed by atoms with van der Waals surface area (Å²) in [7, 11) is 1.93. The molecule has 108 valence electrons. The second-order valence-electron chi connectivity index (χ2n) is 5.47. The molecule has 1 atom stereocenters. The van der Waals surface area contributed by atoms with Gasteiger partial charge in [-0.05, 0) is 56.6 Å². The number of likely N-dealkylation sites (N-methyl/N-ethyl adjacent to an activating group) is 1. The molecule has 20 heavy (non-hydrogen) atoms. The Kier molecular flexibility index (Phi) is 4.26. The van der Waals surface area contributed by atoms with Crippen molar-refractivity contribution in [3.63, 3.8) is 0 Å². The van der Waals surface area contributed by atoms with Crippen LogP contribution in [-0.4, -0.2) is 29.7 Å². The molecule has 0 amide bonds. The third-order valence-corrected chi connectivity index (χ3v) is 3.88. The normalized spacial score (nSPS) is 13.1. The summed E-state index contributed by atoms with van der Waals surface area (Å²) in [6, 6.07) is 5.55. The van der Waals surface area contributed by atoms with Crippen LogP contribution in [0.4, 0.5) is 0 Å². The van der Waals surface area contributed by atoms with E-state index < -0.39 is 0 Å². The van der Waals surface area contributed by atoms with Crippen molar-refractivity contribution in [2.24, 2.45) is 0 Å². The quantitative estimate of drug-likeness (QED) is 0.869. The molecule has 0 fully saturated rings. The topological polar surface area (TPSA) is 53.7 Å². The Morgan fingerprint density at radius 3 is 2.55 bits per heavy atom. The van der Waals surface area contributed by atoms with E-state index in [2.05, 4.69) is 6.07 Å². The SMILES string of the molecule is Cc1cc2oc(=O)cc(CN(C)C(C)CO)c2cc1C. The molecule has 1 aromatic heterocycles. The third-order valence-electron chi connectivity index (χ3n) is 3.88. The van der Waals surface area contributed by atoms with E-state index in [1.165, 1.54) is 11.6 Å². The molecule has 0 spiro atoms. The number of hydrogen-bond acceptors (Lipinski definition) is 4. The lowest BCUT2D eigenvalue weighted by Gasteiger charge is -2.23. The van der Waals surface area contributed by atoms with Gasteiger partial charge in [0.2, 0.25) is 0 Å². The van der Waals surface area contributed by atoms with Crippen molar-refractivity contribution in [3.8, 4) is 0 Å². The van der Waals surface area contributed by atoms with Gasteiger partial charge in [0.25, 0.3) is 0 Å². The molecule has 4 nitrogen and oxygen atoms in total. The molecule has 1 unspecified atom stereocenters. The maximum Gasteiger partial charge on any atom is 0.336 e. The number of benzene rings is 1. The summed E-state index contributed by atoms with van der Waals surface area (Å²) in [4.78, 5) is 13.7. The van der Waals surface area contributed by atoms with E-state index >= 15 is 0 Å². The van der Waals surface area contributed by atoms with Gasteiger partial charge in [0.1, 0.15) is 5.58 Å². The number of aliphatic hydroxyl groups is 1. The first-order valence-corrected chi connectivity index (χ1v) is 6.77. The minimum absolute atomic E-state index is 0.0452. The highest BCUT2D eigenvalue weighted by molar-refractivity contribution is 5.81. The second kappa shape index (κ2) is 5.77. The Balaban J connectivity index is 2.52. The molecule has 4 heteroatoms. The van der Waals surface area contributed by atoms with Crippen LogP contribution >= 0.6 is 0 Å². The molecule has 0 aliphatic carbocycles. The van der Waals surface area contributed by atoms with Gasteiger partial charge in [0, 0.05) is 24.0 Å². The van der Waals surface area contributed by atoms with E-state index in [4.69, 9.17) is 4.42 Å². The number of hydrogen-bond donors (Lipinski definition) is 1. The summed E-state index contributed by atoms with van der Waals surface area (Å²) in [5.41, 5.74) is 3.50. The third kappa shape index (κ3) is 2.92. The van der Waals surface area contributed by atoms with Crippen LogP contribution in [0.2, 0.25) is 0 Å². The Labute approximate surface area is 118 Å². The molecule has 2 aromatic rings. The van der Waals surface area contributed by atoms with Crippen molar-refractivity contribution in [2.75, 3.05) is 13.7 Å². The van der Waals surface area contributed by atoms with Crippen molar-refractivity contribution >= 4 is 11.0 Å². The molecule has 0 bridgehead atoms. The zero-order valence-corrected chi connectivity index (χ0v) is 12.4. The van der Waals surface area contributed by atoms with Crippen molar-refractivity contribution in [1.29, 1.82) is 0 Å². The van der Waals surface area contributed by atoms with E-state index in [0.29, 0.717) is 12.1 Å². The van der Waals surface area contributed by atoms with Crippen LogP contribution in [0.5, 0.6) is 0 Å². The fraction of sp³-hybridized carbons (Fsp3) is 0.438. The summed E-state index contributed by atoms with van der Waals surface area (Å²) in [5.74, 6) is 0. The number of nitrogens with zero attached hydrogens (tertiary/aromatic N) is 1. The molecule has 1 N–H and O–H groups in total. The Bertz CT molecular complexity index is 675. The van der Waals surface area contributed by atoms with Gasteiger partial charge in [0.15, 0.2) is 0 Å². The van der Waals surface area contributed by atoms with E-state index in [-0.39, 0.29) is 18.3 Å². The molecule has 2 rings (SSSR count). The van der Waals surface area contributed by atoms with Crippen LogP contribution < -0.4 is 5.63 Å². The number of fused-ring (bicyclic) bond motifs is 1. The molecule has 0 aliphatic rings. The maximum absolute atomic E-state index is 11.7. The highest BCUT2D eigenvalue weighted by Crippen LogP contribution is 2.22. The summed E-state index contributed by atoms with van der Waals surface area (Å²) in [6.07, 6.45) is 0. The minimum Gasteiger partial charge on any atom is -0.423 e. The maximum atomic E-state index is 11.7. The molecule has 0 saturated heterocycles. The molecule has 0 aliphatic heterocycles. The molecule has 0 saturated carbocycles. The molecule has 0 radical (unpaired) electrons. The summed E-state index contributed by atoms with van der Waals surface area (Å²) in [6.45, 7) is 6.69. The first-order valence-electron chi connectivity index (χ1n) is 6.77. The zero-order chi connectivity index (χ0) is 14.9. The van der Waals surface area contributed by atoms with Crippen molar-refractivity contribution < 1.29 is 9.52 Å². The van der Waals surface area contributed by atoms with E-state index in [1.54, 1.807) is 0 Å². The largest absolute Gasteiger partial charge is 0.423 e. The van der Waals surface area contributed by atoms with Gasteiger partial charge < -0.3 is 9.52 Å². The fourth-order valence-corrected chi connectivity index (χ4v) is 2.18. The molecule has 1 heterocycles. The smallest absolute Gasteiger partial charge is 0.336 e. The Morgan fingerprint density at radius 1 is 1.25 bits per heavy atom. The second-order valence-corrected chi connectivity index (χ2v) is 5.47. The van der Waals surface area contributed by atoms with Crippen LogP contribution in [0, 0.1) is 13.8 Å². The van der Waals surface area contributed by atoms with Crippen LogP contribution in [-0.2, 0) is 6.54 Å². The monoisotopic (exact) mass is 275 g/mol. The number of aryl methyl sites for hydroxylation is 2. The van der Waals surface area contributed by atoms with Crippen LogP contribution in [0.3, 0.4) is 0 Å². The molecular formula is C16H21NO3. The number of aliphatic hydroxyl groups excluding tert-OH is 1. The van der Waals surface area contributed by atoms with E-state index in [0.717, 1.165) is 16.5 Å². The van der Waals surface area contributed by atoms with Crippen LogP contribution in [0.15, 0.2) is 27.4 Å². The molecule has 1 aromatic carbocycles. The minimum atomic E-state index is -0.333. The van der Waals surface area contributed by atoms with Crippen LogP contribution in [0.25, 0.3) is 11.0 Å². The van der Waals surface area contributed by atoms with E-state index in [9.17, 15) is 9.90 Å².